The highest BCUT2D eigenvalue weighted by atomic mass is 16.2. The molecule has 1 amide bonds. The zero-order valence-corrected chi connectivity index (χ0v) is 14.0. The van der Waals surface area contributed by atoms with E-state index in [1.165, 1.54) is 19.3 Å². The fourth-order valence-corrected chi connectivity index (χ4v) is 3.69. The molecule has 1 heterocycles. The molecular weight excluding hydrogens is 276 g/mol. The highest BCUT2D eigenvalue weighted by molar-refractivity contribution is 5.82. The zero-order valence-electron chi connectivity index (χ0n) is 14.0. The summed E-state index contributed by atoms with van der Waals surface area (Å²) in [6, 6.07) is 0.924. The minimum Gasteiger partial charge on any atom is -0.353 e. The molecule has 2 N–H and O–H groups in total. The van der Waals surface area contributed by atoms with Gasteiger partial charge < -0.3 is 15.5 Å². The number of amides is 1. The summed E-state index contributed by atoms with van der Waals surface area (Å²) >= 11 is 0. The van der Waals surface area contributed by atoms with E-state index in [9.17, 15) is 4.79 Å². The maximum absolute atomic E-state index is 12.5. The van der Waals surface area contributed by atoms with Crippen LogP contribution >= 0.6 is 0 Å². The lowest BCUT2D eigenvalue weighted by Gasteiger charge is -2.21. The molecule has 0 radical (unpaired) electrons. The first kappa shape index (κ1) is 15.6. The Morgan fingerprint density at radius 1 is 1.23 bits per heavy atom. The van der Waals surface area contributed by atoms with E-state index < -0.39 is 0 Å². The number of nitrogens with zero attached hydrogens (tertiary/aromatic N) is 2. The molecule has 3 aliphatic rings. The first-order valence-electron chi connectivity index (χ1n) is 9.03. The van der Waals surface area contributed by atoms with E-state index in [1.54, 1.807) is 0 Å². The topological polar surface area (TPSA) is 56.7 Å². The van der Waals surface area contributed by atoms with Gasteiger partial charge in [-0.1, -0.05) is 19.8 Å². The van der Waals surface area contributed by atoms with E-state index in [1.807, 2.05) is 0 Å². The van der Waals surface area contributed by atoms with Crippen molar-refractivity contribution in [3.05, 3.63) is 0 Å². The number of guanidine groups is 1. The van der Waals surface area contributed by atoms with Crippen LogP contribution < -0.4 is 10.6 Å². The Kier molecular flexibility index (Phi) is 4.89. The molecular formula is C17H30N4O. The molecule has 124 valence electrons. The van der Waals surface area contributed by atoms with E-state index in [-0.39, 0.29) is 0 Å². The fourth-order valence-electron chi connectivity index (χ4n) is 3.69. The summed E-state index contributed by atoms with van der Waals surface area (Å²) in [5.41, 5.74) is 0. The number of aliphatic imine (C=N–C) groups is 1. The SMILES string of the molecule is CCN=C(NC1CCN(C(=O)C2CCCC2)C1)NC1CC1C. The number of nitrogens with one attached hydrogen (secondary N) is 2. The van der Waals surface area contributed by atoms with Crippen LogP contribution in [0.5, 0.6) is 0 Å². The molecule has 22 heavy (non-hydrogen) atoms. The van der Waals surface area contributed by atoms with Crippen LogP contribution in [-0.2, 0) is 4.79 Å². The van der Waals surface area contributed by atoms with Gasteiger partial charge in [0.15, 0.2) is 5.96 Å². The van der Waals surface area contributed by atoms with Crippen molar-refractivity contribution < 1.29 is 4.79 Å². The maximum atomic E-state index is 12.5. The number of likely N-dealkylation sites (tertiary alicyclic amines) is 1. The Balaban J connectivity index is 1.48. The van der Waals surface area contributed by atoms with Gasteiger partial charge in [0.05, 0.1) is 0 Å². The Morgan fingerprint density at radius 2 is 1.95 bits per heavy atom. The maximum Gasteiger partial charge on any atom is 0.225 e. The second kappa shape index (κ2) is 6.88. The lowest BCUT2D eigenvalue weighted by Crippen LogP contribution is -2.46. The monoisotopic (exact) mass is 306 g/mol. The summed E-state index contributed by atoms with van der Waals surface area (Å²) in [5.74, 6) is 2.37. The normalized spacial score (nSPS) is 32.4. The molecule has 3 rings (SSSR count). The minimum absolute atomic E-state index is 0.299. The summed E-state index contributed by atoms with van der Waals surface area (Å²) in [6.07, 6.45) is 6.91. The van der Waals surface area contributed by atoms with Crippen LogP contribution in [0.2, 0.25) is 0 Å². The van der Waals surface area contributed by atoms with Crippen LogP contribution in [0.15, 0.2) is 4.99 Å². The quantitative estimate of drug-likeness (QED) is 0.614. The van der Waals surface area contributed by atoms with Crippen LogP contribution in [0.1, 0.15) is 52.4 Å². The van der Waals surface area contributed by atoms with Crippen molar-refractivity contribution in [3.63, 3.8) is 0 Å². The van der Waals surface area contributed by atoms with Gasteiger partial charge in [0, 0.05) is 37.6 Å². The van der Waals surface area contributed by atoms with Gasteiger partial charge in [-0.25, -0.2) is 0 Å². The number of hydrogen-bond donors (Lipinski definition) is 2. The molecule has 3 unspecified atom stereocenters. The molecule has 5 heteroatoms. The van der Waals surface area contributed by atoms with Crippen LogP contribution in [0, 0.1) is 11.8 Å². The van der Waals surface area contributed by atoms with Gasteiger partial charge in [-0.2, -0.15) is 0 Å². The second-order valence-electron chi connectivity index (χ2n) is 7.18. The molecule has 0 spiro atoms. The third-order valence-electron chi connectivity index (χ3n) is 5.29. The lowest BCUT2D eigenvalue weighted by molar-refractivity contribution is -0.134. The molecule has 2 aliphatic carbocycles. The highest BCUT2D eigenvalue weighted by Crippen LogP contribution is 2.29. The summed E-state index contributed by atoms with van der Waals surface area (Å²) < 4.78 is 0. The van der Waals surface area contributed by atoms with Crippen LogP contribution in [0.25, 0.3) is 0 Å². The average Bonchev–Trinajstić information content (AvgIpc) is 2.94. The van der Waals surface area contributed by atoms with E-state index >= 15 is 0 Å². The lowest BCUT2D eigenvalue weighted by atomic mass is 10.1. The van der Waals surface area contributed by atoms with Crippen molar-refractivity contribution in [2.75, 3.05) is 19.6 Å². The zero-order chi connectivity index (χ0) is 15.5. The van der Waals surface area contributed by atoms with E-state index in [0.29, 0.717) is 23.9 Å². The average molecular weight is 306 g/mol. The minimum atomic E-state index is 0.299. The van der Waals surface area contributed by atoms with Gasteiger partial charge in [0.1, 0.15) is 0 Å². The Bertz CT molecular complexity index is 430. The second-order valence-corrected chi connectivity index (χ2v) is 7.18. The van der Waals surface area contributed by atoms with Crippen molar-refractivity contribution in [2.24, 2.45) is 16.8 Å². The van der Waals surface area contributed by atoms with Gasteiger partial charge in [-0.05, 0) is 38.5 Å². The molecule has 0 aromatic heterocycles. The van der Waals surface area contributed by atoms with E-state index in [4.69, 9.17) is 0 Å². The standard InChI is InChI=1S/C17H30N4O/c1-3-18-17(20-15-10-12(15)2)19-14-8-9-21(11-14)16(22)13-6-4-5-7-13/h12-15H,3-11H2,1-2H3,(H2,18,19,20). The van der Waals surface area contributed by atoms with Gasteiger partial charge in [0.2, 0.25) is 5.91 Å². The summed E-state index contributed by atoms with van der Waals surface area (Å²) in [6.45, 7) is 6.84. The number of rotatable bonds is 4. The third-order valence-corrected chi connectivity index (χ3v) is 5.29. The van der Waals surface area contributed by atoms with Gasteiger partial charge in [0.25, 0.3) is 0 Å². The molecule has 0 aromatic carbocycles. The van der Waals surface area contributed by atoms with Crippen molar-refractivity contribution in [2.45, 2.75) is 64.5 Å². The van der Waals surface area contributed by atoms with E-state index in [2.05, 4.69) is 34.4 Å². The summed E-state index contributed by atoms with van der Waals surface area (Å²) in [4.78, 5) is 19.1. The smallest absolute Gasteiger partial charge is 0.225 e. The summed E-state index contributed by atoms with van der Waals surface area (Å²) in [5, 5.41) is 7.03. The molecule has 1 saturated heterocycles. The van der Waals surface area contributed by atoms with Gasteiger partial charge >= 0.3 is 0 Å². The predicted molar refractivity (Wildman–Crippen MR) is 88.8 cm³/mol. The van der Waals surface area contributed by atoms with Crippen molar-refractivity contribution in [1.29, 1.82) is 0 Å². The third kappa shape index (κ3) is 3.73. The molecule has 0 bridgehead atoms. The Labute approximate surface area is 133 Å². The van der Waals surface area contributed by atoms with Gasteiger partial charge in [-0.3, -0.25) is 9.79 Å². The van der Waals surface area contributed by atoms with Crippen molar-refractivity contribution in [1.82, 2.24) is 15.5 Å². The van der Waals surface area contributed by atoms with E-state index in [0.717, 1.165) is 50.8 Å². The molecule has 3 atom stereocenters. The molecule has 1 aliphatic heterocycles. The molecule has 0 aromatic rings. The van der Waals surface area contributed by atoms with Crippen molar-refractivity contribution in [3.8, 4) is 0 Å². The highest BCUT2D eigenvalue weighted by Gasteiger charge is 2.35. The number of carbonyl (C=O) groups excluding carboxylic acids is 1. The molecule has 2 saturated carbocycles. The number of carbonyl (C=O) groups is 1. The van der Waals surface area contributed by atoms with Crippen LogP contribution in [-0.4, -0.2) is 48.5 Å². The van der Waals surface area contributed by atoms with Crippen LogP contribution in [0.4, 0.5) is 0 Å². The molecule has 5 nitrogen and oxygen atoms in total. The van der Waals surface area contributed by atoms with Crippen molar-refractivity contribution >= 4 is 11.9 Å². The summed E-state index contributed by atoms with van der Waals surface area (Å²) in [7, 11) is 0. The molecule has 3 fully saturated rings. The largest absolute Gasteiger partial charge is 0.353 e. The first-order chi connectivity index (χ1) is 10.7. The Hall–Kier alpha value is -1.26. The fraction of sp³-hybridized carbons (Fsp3) is 0.882. The number of hydrogen-bond acceptors (Lipinski definition) is 2. The van der Waals surface area contributed by atoms with Crippen LogP contribution in [0.3, 0.4) is 0 Å². The predicted octanol–water partition coefficient (Wildman–Crippen LogP) is 1.74. The Morgan fingerprint density at radius 3 is 2.59 bits per heavy atom. The van der Waals surface area contributed by atoms with Gasteiger partial charge in [-0.15, -0.1) is 0 Å². The first-order valence-corrected chi connectivity index (χ1v) is 9.03.